The highest BCUT2D eigenvalue weighted by Gasteiger charge is 2.01. The van der Waals surface area contributed by atoms with Crippen LogP contribution in [-0.4, -0.2) is 80.4 Å². The average molecular weight is 383 g/mol. The van der Waals surface area contributed by atoms with Crippen molar-refractivity contribution in [3.63, 3.8) is 0 Å². The number of aromatic nitrogens is 8. The molecule has 2 aromatic rings. The van der Waals surface area contributed by atoms with E-state index < -0.39 is 0 Å². The van der Waals surface area contributed by atoms with Crippen molar-refractivity contribution in [1.29, 1.82) is 0 Å². The number of hydrogen-bond acceptors (Lipinski definition) is 10. The maximum Gasteiger partial charge on any atom is 0.171 e. The Morgan fingerprint density at radius 2 is 1.12 bits per heavy atom. The molecule has 0 unspecified atom stereocenters. The molecule has 0 fully saturated rings. The van der Waals surface area contributed by atoms with Crippen molar-refractivity contribution in [2.45, 2.75) is 0 Å². The van der Waals surface area contributed by atoms with E-state index >= 15 is 0 Å². The Morgan fingerprint density at radius 1 is 0.833 bits per heavy atom. The smallest absolute Gasteiger partial charge is 0.171 e. The van der Waals surface area contributed by atoms with Crippen molar-refractivity contribution in [1.82, 2.24) is 41.2 Å². The largest absolute Gasteiger partial charge is 0.283 e. The molecule has 0 bridgehead atoms. The summed E-state index contributed by atoms with van der Waals surface area (Å²) >= 11 is 10.6. The predicted octanol–water partition coefficient (Wildman–Crippen LogP) is -1.35. The molecule has 14 nitrogen and oxygen atoms in total. The lowest BCUT2D eigenvalue weighted by Gasteiger charge is -2.17. The summed E-state index contributed by atoms with van der Waals surface area (Å²) in [6, 6.07) is 0.917. The molecule has 0 atom stereocenters. The maximum absolute atomic E-state index is 5.34. The fourth-order valence-corrected chi connectivity index (χ4v) is 0.449. The molecule has 0 radical (unpaired) electrons. The van der Waals surface area contributed by atoms with E-state index in [2.05, 4.69) is 51.5 Å². The summed E-state index contributed by atoms with van der Waals surface area (Å²) in [5, 5.41) is 33.3. The van der Waals surface area contributed by atoms with Crippen LogP contribution >= 0.6 is 23.2 Å². The fourth-order valence-electron chi connectivity index (χ4n) is 0.449. The van der Waals surface area contributed by atoms with E-state index in [-0.39, 0.29) is 11.9 Å². The predicted molar refractivity (Wildman–Crippen MR) is 84.5 cm³/mol. The lowest BCUT2D eigenvalue weighted by Crippen LogP contribution is -2.45. The van der Waals surface area contributed by atoms with Crippen LogP contribution in [0.3, 0.4) is 0 Å². The Kier molecular flexibility index (Phi) is 10.0. The van der Waals surface area contributed by atoms with E-state index in [0.29, 0.717) is 21.2 Å². The number of hydrogen-bond donors (Lipinski definition) is 2. The Balaban J connectivity index is 0.000000377. The number of tetrazole rings is 2. The van der Waals surface area contributed by atoms with Gasteiger partial charge in [0, 0.05) is 0 Å². The van der Waals surface area contributed by atoms with E-state index in [1.807, 2.05) is 28.2 Å². The zero-order valence-electron chi connectivity index (χ0n) is 13.7. The van der Waals surface area contributed by atoms with E-state index in [0.717, 1.165) is 0 Å². The van der Waals surface area contributed by atoms with Gasteiger partial charge in [-0.1, -0.05) is 23.2 Å². The van der Waals surface area contributed by atoms with Gasteiger partial charge >= 0.3 is 0 Å². The van der Waals surface area contributed by atoms with Crippen LogP contribution in [0.15, 0.2) is 10.2 Å². The minimum Gasteiger partial charge on any atom is -0.283 e. The van der Waals surface area contributed by atoms with Crippen molar-refractivity contribution in [3.8, 4) is 0 Å². The van der Waals surface area contributed by atoms with Crippen LogP contribution in [0.25, 0.3) is 0 Å². The van der Waals surface area contributed by atoms with Gasteiger partial charge in [-0.05, 0) is 0 Å². The van der Waals surface area contributed by atoms with Crippen molar-refractivity contribution < 1.29 is 9.18 Å². The van der Waals surface area contributed by atoms with Crippen LogP contribution in [0.5, 0.6) is 0 Å². The maximum atomic E-state index is 5.34. The molecule has 0 spiro atoms. The first kappa shape index (κ1) is 22.2. The summed E-state index contributed by atoms with van der Waals surface area (Å²) in [6.07, 6.45) is 0. The van der Waals surface area contributed by atoms with E-state index in [1.54, 1.807) is 0 Å². The first-order valence-electron chi connectivity index (χ1n) is 6.21. The highest BCUT2D eigenvalue weighted by molar-refractivity contribution is 6.17. The van der Waals surface area contributed by atoms with Gasteiger partial charge in [0.05, 0.1) is 28.2 Å². The molecule has 24 heavy (non-hydrogen) atoms. The molecule has 0 aromatic carbocycles. The van der Waals surface area contributed by atoms with Crippen LogP contribution in [0, 0.1) is 0 Å². The highest BCUT2D eigenvalue weighted by Crippen LogP contribution is 2.03. The van der Waals surface area contributed by atoms with Crippen LogP contribution in [0.1, 0.15) is 0 Å². The van der Waals surface area contributed by atoms with Gasteiger partial charge < -0.3 is 0 Å². The molecule has 0 amide bonds. The number of alkyl halides is 2. The van der Waals surface area contributed by atoms with Gasteiger partial charge in [-0.3, -0.25) is 20.4 Å². The zero-order chi connectivity index (χ0) is 18.6. The average Bonchev–Trinajstić information content (AvgIpc) is 3.18. The molecule has 4 N–H and O–H groups in total. The van der Waals surface area contributed by atoms with Gasteiger partial charge in [-0.2, -0.15) is 22.1 Å². The Hall–Kier alpha value is -1.84. The molecule has 16 heteroatoms. The van der Waals surface area contributed by atoms with Crippen molar-refractivity contribution >= 4 is 35.1 Å². The van der Waals surface area contributed by atoms with Gasteiger partial charge in [-0.15, -0.1) is 10.4 Å². The highest BCUT2D eigenvalue weighted by atomic mass is 35.5. The van der Waals surface area contributed by atoms with Crippen molar-refractivity contribution in [2.24, 2.45) is 21.9 Å². The normalized spacial score (nSPS) is 11.5. The lowest BCUT2D eigenvalue weighted by molar-refractivity contribution is -0.891. The fraction of sp³-hybridized carbons (Fsp3) is 0.750. The van der Waals surface area contributed by atoms with Gasteiger partial charge in [0.25, 0.3) is 0 Å². The Labute approximate surface area is 148 Å². The standard InChI is InChI=1S/2C3H10ClN2.C2N10/c2*1-6(2,5)3-4;3(1-5-9-10-6-1)4-2-7-11-12-8-2/h2*3,5H2,1-2H3;/q2*+1;-2/b;;4-3+. The SMILES string of the molecule is C[N+](C)(N)CCl.C[N+](C)(N)CCl.N(=N\c1nnn[n-]1)/c1nnn[n-]1. The van der Waals surface area contributed by atoms with Crippen LogP contribution in [-0.2, 0) is 0 Å². The third kappa shape index (κ3) is 13.8. The van der Waals surface area contributed by atoms with E-state index in [1.165, 1.54) is 0 Å². The van der Waals surface area contributed by atoms with Gasteiger partial charge in [0.1, 0.15) is 11.9 Å². The van der Waals surface area contributed by atoms with Gasteiger partial charge in [0.2, 0.25) is 0 Å². The third-order valence-electron chi connectivity index (χ3n) is 1.46. The molecule has 0 aliphatic carbocycles. The molecule has 0 aliphatic rings. The zero-order valence-corrected chi connectivity index (χ0v) is 15.2. The van der Waals surface area contributed by atoms with Crippen molar-refractivity contribution in [3.05, 3.63) is 0 Å². The molecule has 0 saturated carbocycles. The summed E-state index contributed by atoms with van der Waals surface area (Å²) in [4.78, 5) is 0. The Morgan fingerprint density at radius 3 is 1.29 bits per heavy atom. The van der Waals surface area contributed by atoms with E-state index in [9.17, 15) is 0 Å². The Bertz CT molecular complexity index is 488. The number of rotatable bonds is 4. The number of nitrogens with zero attached hydrogens (tertiary/aromatic N) is 12. The molecular formula is C8H20Cl2N14. The molecular weight excluding hydrogens is 363 g/mol. The second-order valence-electron chi connectivity index (χ2n) is 5.35. The first-order valence-corrected chi connectivity index (χ1v) is 7.28. The topological polar surface area (TPSA) is 182 Å². The summed E-state index contributed by atoms with van der Waals surface area (Å²) in [7, 11) is 7.31. The molecule has 2 aromatic heterocycles. The quantitative estimate of drug-likeness (QED) is 0.160. The lowest BCUT2D eigenvalue weighted by atomic mass is 10.9. The minimum absolute atomic E-state index is 0.0415. The third-order valence-corrected chi connectivity index (χ3v) is 2.69. The summed E-state index contributed by atoms with van der Waals surface area (Å²) in [5.74, 6) is 10.8. The number of quaternary nitrogens is 2. The van der Waals surface area contributed by atoms with Crippen LogP contribution in [0.4, 0.5) is 11.9 Å². The number of nitrogens with two attached hydrogens (primary N) is 2. The molecule has 2 heterocycles. The molecule has 0 aliphatic heterocycles. The minimum atomic E-state index is 0.0415. The summed E-state index contributed by atoms with van der Waals surface area (Å²) < 4.78 is 0.670. The van der Waals surface area contributed by atoms with Crippen LogP contribution < -0.4 is 21.9 Å². The summed E-state index contributed by atoms with van der Waals surface area (Å²) in [5.41, 5.74) is 0. The van der Waals surface area contributed by atoms with Gasteiger partial charge in [-0.25, -0.2) is 19.4 Å². The molecule has 0 saturated heterocycles. The number of halogens is 2. The summed E-state index contributed by atoms with van der Waals surface area (Å²) in [6.45, 7) is 0. The van der Waals surface area contributed by atoms with Crippen molar-refractivity contribution in [2.75, 3.05) is 40.2 Å². The second kappa shape index (κ2) is 10.8. The van der Waals surface area contributed by atoms with E-state index in [4.69, 9.17) is 34.9 Å². The second-order valence-corrected chi connectivity index (χ2v) is 5.83. The molecule has 136 valence electrons. The van der Waals surface area contributed by atoms with Crippen LogP contribution in [0.2, 0.25) is 0 Å². The first-order chi connectivity index (χ1) is 11.1. The van der Waals surface area contributed by atoms with Gasteiger partial charge in [0.15, 0.2) is 12.0 Å². The monoisotopic (exact) mass is 382 g/mol. The number of azo groups is 1. The molecule has 2 rings (SSSR count).